The summed E-state index contributed by atoms with van der Waals surface area (Å²) in [5.74, 6) is 0.352. The predicted molar refractivity (Wildman–Crippen MR) is 99.7 cm³/mol. The highest BCUT2D eigenvalue weighted by molar-refractivity contribution is 5.94. The Kier molecular flexibility index (Phi) is 5.02. The van der Waals surface area contributed by atoms with E-state index in [9.17, 15) is 4.79 Å². The molecule has 1 aromatic heterocycles. The van der Waals surface area contributed by atoms with Crippen molar-refractivity contribution in [2.75, 3.05) is 0 Å². The fourth-order valence-electron chi connectivity index (χ4n) is 3.55. The number of aromatic amines is 1. The summed E-state index contributed by atoms with van der Waals surface area (Å²) in [6.07, 6.45) is 5.82. The van der Waals surface area contributed by atoms with E-state index in [0.29, 0.717) is 17.0 Å². The molecule has 0 bridgehead atoms. The molecule has 1 amide bonds. The summed E-state index contributed by atoms with van der Waals surface area (Å²) in [4.78, 5) is 12.5. The van der Waals surface area contributed by atoms with E-state index in [-0.39, 0.29) is 5.91 Å². The molecule has 2 N–H and O–H groups in total. The third-order valence-corrected chi connectivity index (χ3v) is 4.54. The number of amides is 1. The van der Waals surface area contributed by atoms with Crippen LogP contribution >= 0.6 is 0 Å². The molecular weight excluding hydrogens is 312 g/mol. The highest BCUT2D eigenvalue weighted by Crippen LogP contribution is 2.34. The topological polar surface area (TPSA) is 70.1 Å². The van der Waals surface area contributed by atoms with E-state index < -0.39 is 0 Å². The van der Waals surface area contributed by atoms with Gasteiger partial charge in [0, 0.05) is 11.3 Å². The molecule has 132 valence electrons. The molecule has 0 spiro atoms. The van der Waals surface area contributed by atoms with Crippen molar-refractivity contribution in [2.45, 2.75) is 46.5 Å². The lowest BCUT2D eigenvalue weighted by Crippen LogP contribution is -2.24. The van der Waals surface area contributed by atoms with Crippen molar-refractivity contribution in [1.82, 2.24) is 15.6 Å². The second-order valence-corrected chi connectivity index (χ2v) is 8.01. The van der Waals surface area contributed by atoms with E-state index >= 15 is 0 Å². The third-order valence-electron chi connectivity index (χ3n) is 4.54. The molecular formula is C20H26N4O. The average Bonchev–Trinajstić information content (AvgIpc) is 2.97. The fraction of sp³-hybridized carbons (Fsp3) is 0.450. The van der Waals surface area contributed by atoms with Crippen LogP contribution in [-0.2, 0) is 12.8 Å². The number of fused-ring (bicyclic) bond motifs is 1. The molecule has 0 saturated carbocycles. The van der Waals surface area contributed by atoms with Crippen LogP contribution < -0.4 is 5.43 Å². The maximum atomic E-state index is 12.5. The molecule has 1 aliphatic carbocycles. The highest BCUT2D eigenvalue weighted by atomic mass is 16.2. The minimum absolute atomic E-state index is 0.249. The number of rotatable bonds is 4. The van der Waals surface area contributed by atoms with Gasteiger partial charge in [0.25, 0.3) is 5.91 Å². The standard InChI is InChI=1S/C20H26N4O/c1-20(2,3)12-15-9-10-17-16(11-15)18(23-22-17)19(25)24-21-13-14-7-5-4-6-8-14/h4-8,13,15H,9-12H2,1-3H3,(H,22,23)(H,24,25)/b21-13+. The van der Waals surface area contributed by atoms with E-state index in [0.717, 1.165) is 42.5 Å². The van der Waals surface area contributed by atoms with Crippen molar-refractivity contribution in [1.29, 1.82) is 0 Å². The van der Waals surface area contributed by atoms with Crippen LogP contribution in [0.1, 0.15) is 60.9 Å². The van der Waals surface area contributed by atoms with E-state index in [1.807, 2.05) is 30.3 Å². The maximum absolute atomic E-state index is 12.5. The number of hydrogen-bond acceptors (Lipinski definition) is 3. The average molecular weight is 338 g/mol. The molecule has 25 heavy (non-hydrogen) atoms. The summed E-state index contributed by atoms with van der Waals surface area (Å²) in [5, 5.41) is 11.3. The van der Waals surface area contributed by atoms with Gasteiger partial charge in [0.2, 0.25) is 0 Å². The van der Waals surface area contributed by atoms with Crippen molar-refractivity contribution < 1.29 is 4.79 Å². The summed E-state index contributed by atoms with van der Waals surface area (Å²) >= 11 is 0. The molecule has 0 aliphatic heterocycles. The van der Waals surface area contributed by atoms with Crippen LogP contribution in [-0.4, -0.2) is 22.3 Å². The van der Waals surface area contributed by atoms with Crippen LogP contribution in [0.4, 0.5) is 0 Å². The number of nitrogens with one attached hydrogen (secondary N) is 2. The Labute approximate surface area is 148 Å². The van der Waals surface area contributed by atoms with Crippen LogP contribution in [0.25, 0.3) is 0 Å². The Morgan fingerprint density at radius 2 is 2.12 bits per heavy atom. The van der Waals surface area contributed by atoms with E-state index in [1.165, 1.54) is 0 Å². The first-order chi connectivity index (χ1) is 11.9. The summed E-state index contributed by atoms with van der Waals surface area (Å²) in [7, 11) is 0. The van der Waals surface area contributed by atoms with Crippen molar-refractivity contribution in [3.8, 4) is 0 Å². The zero-order chi connectivity index (χ0) is 17.9. The summed E-state index contributed by atoms with van der Waals surface area (Å²) in [6.45, 7) is 6.80. The van der Waals surface area contributed by atoms with Crippen LogP contribution in [0.15, 0.2) is 35.4 Å². The largest absolute Gasteiger partial charge is 0.292 e. The van der Waals surface area contributed by atoms with Gasteiger partial charge in [0.05, 0.1) is 6.21 Å². The molecule has 1 heterocycles. The van der Waals surface area contributed by atoms with Gasteiger partial charge in [-0.1, -0.05) is 51.1 Å². The second-order valence-electron chi connectivity index (χ2n) is 8.01. The van der Waals surface area contributed by atoms with Gasteiger partial charge in [-0.15, -0.1) is 0 Å². The lowest BCUT2D eigenvalue weighted by atomic mass is 9.76. The van der Waals surface area contributed by atoms with Crippen molar-refractivity contribution >= 4 is 12.1 Å². The SMILES string of the molecule is CC(C)(C)CC1CCc2[nH]nc(C(=O)N/N=C/c3ccccc3)c2C1. The molecule has 3 rings (SSSR count). The minimum atomic E-state index is -0.249. The molecule has 1 aromatic carbocycles. The number of carbonyl (C=O) groups is 1. The van der Waals surface area contributed by atoms with Crippen molar-refractivity contribution in [3.05, 3.63) is 52.8 Å². The van der Waals surface area contributed by atoms with Crippen LogP contribution in [0.5, 0.6) is 0 Å². The fourth-order valence-corrected chi connectivity index (χ4v) is 3.55. The van der Waals surface area contributed by atoms with Crippen LogP contribution in [0, 0.1) is 11.3 Å². The molecule has 0 radical (unpaired) electrons. The Bertz CT molecular complexity index is 756. The first-order valence-corrected chi connectivity index (χ1v) is 8.87. The molecule has 1 aliphatic rings. The van der Waals surface area contributed by atoms with Gasteiger partial charge >= 0.3 is 0 Å². The van der Waals surface area contributed by atoms with Crippen LogP contribution in [0.2, 0.25) is 0 Å². The Morgan fingerprint density at radius 1 is 1.36 bits per heavy atom. The molecule has 0 saturated heterocycles. The molecule has 2 aromatic rings. The second kappa shape index (κ2) is 7.21. The molecule has 1 unspecified atom stereocenters. The first kappa shape index (κ1) is 17.4. The van der Waals surface area contributed by atoms with Gasteiger partial charge in [-0.3, -0.25) is 9.89 Å². The van der Waals surface area contributed by atoms with Crippen LogP contribution in [0.3, 0.4) is 0 Å². The third kappa shape index (κ3) is 4.56. The minimum Gasteiger partial charge on any atom is -0.281 e. The number of hydrazone groups is 1. The van der Waals surface area contributed by atoms with Gasteiger partial charge in [0.15, 0.2) is 5.69 Å². The molecule has 1 atom stereocenters. The Morgan fingerprint density at radius 3 is 2.84 bits per heavy atom. The summed E-state index contributed by atoms with van der Waals surface area (Å²) < 4.78 is 0. The van der Waals surface area contributed by atoms with E-state index in [1.54, 1.807) is 6.21 Å². The number of aryl methyl sites for hydroxylation is 1. The zero-order valence-electron chi connectivity index (χ0n) is 15.2. The van der Waals surface area contributed by atoms with Gasteiger partial charge in [-0.25, -0.2) is 5.43 Å². The van der Waals surface area contributed by atoms with Gasteiger partial charge < -0.3 is 0 Å². The molecule has 0 fully saturated rings. The number of carbonyl (C=O) groups excluding carboxylic acids is 1. The zero-order valence-corrected chi connectivity index (χ0v) is 15.2. The monoisotopic (exact) mass is 338 g/mol. The Balaban J connectivity index is 1.67. The van der Waals surface area contributed by atoms with E-state index in [2.05, 4.69) is 41.5 Å². The number of hydrogen-bond donors (Lipinski definition) is 2. The number of aromatic nitrogens is 2. The lowest BCUT2D eigenvalue weighted by molar-refractivity contribution is 0.0948. The Hall–Kier alpha value is -2.43. The predicted octanol–water partition coefficient (Wildman–Crippen LogP) is 3.71. The normalized spacial score (nSPS) is 17.5. The maximum Gasteiger partial charge on any atom is 0.292 e. The quantitative estimate of drug-likeness (QED) is 0.659. The smallest absolute Gasteiger partial charge is 0.281 e. The van der Waals surface area contributed by atoms with Gasteiger partial charge in [0.1, 0.15) is 0 Å². The van der Waals surface area contributed by atoms with Gasteiger partial charge in [-0.05, 0) is 42.6 Å². The van der Waals surface area contributed by atoms with Crippen molar-refractivity contribution in [2.24, 2.45) is 16.4 Å². The highest BCUT2D eigenvalue weighted by Gasteiger charge is 2.28. The van der Waals surface area contributed by atoms with Gasteiger partial charge in [-0.2, -0.15) is 10.2 Å². The molecule has 5 nitrogen and oxygen atoms in total. The number of nitrogens with zero attached hydrogens (tertiary/aromatic N) is 2. The van der Waals surface area contributed by atoms with Crippen molar-refractivity contribution in [3.63, 3.8) is 0 Å². The van der Waals surface area contributed by atoms with E-state index in [4.69, 9.17) is 0 Å². The first-order valence-electron chi connectivity index (χ1n) is 8.87. The summed E-state index contributed by atoms with van der Waals surface area (Å²) in [6, 6.07) is 9.68. The number of benzene rings is 1. The number of H-pyrrole nitrogens is 1. The molecule has 5 heteroatoms. The summed E-state index contributed by atoms with van der Waals surface area (Å²) in [5.41, 5.74) is 6.48. The lowest BCUT2D eigenvalue weighted by Gasteiger charge is -2.28.